The standard InChI is InChI=1S/C15H17F3N4O/c1-19-13(11-8-20-22(2)9-11)14(23)21-12-5-3-4-10(6-12)7-15(16,17)18/h3-6,8-9,13,19H,7H2,1-2H3,(H,21,23). The van der Waals surface area contributed by atoms with Crippen LogP contribution in [0.3, 0.4) is 0 Å². The summed E-state index contributed by atoms with van der Waals surface area (Å²) in [6.45, 7) is 0. The van der Waals surface area contributed by atoms with E-state index in [-0.39, 0.29) is 11.5 Å². The number of anilines is 1. The van der Waals surface area contributed by atoms with Gasteiger partial charge in [0, 0.05) is 24.5 Å². The summed E-state index contributed by atoms with van der Waals surface area (Å²) >= 11 is 0. The molecule has 1 aromatic carbocycles. The van der Waals surface area contributed by atoms with Gasteiger partial charge in [-0.1, -0.05) is 12.1 Å². The third-order valence-corrected chi connectivity index (χ3v) is 3.21. The second kappa shape index (κ2) is 6.82. The predicted octanol–water partition coefficient (Wildman–Crippen LogP) is 2.42. The van der Waals surface area contributed by atoms with E-state index in [0.717, 1.165) is 0 Å². The molecule has 0 bridgehead atoms. The summed E-state index contributed by atoms with van der Waals surface area (Å²) < 4.78 is 38.9. The molecule has 1 amide bonds. The Morgan fingerprint density at radius 3 is 2.70 bits per heavy atom. The van der Waals surface area contributed by atoms with Crippen molar-refractivity contribution in [2.24, 2.45) is 7.05 Å². The van der Waals surface area contributed by atoms with Crippen molar-refractivity contribution in [1.29, 1.82) is 0 Å². The van der Waals surface area contributed by atoms with Crippen LogP contribution in [0.5, 0.6) is 0 Å². The number of likely N-dealkylation sites (N-methyl/N-ethyl adjacent to an activating group) is 1. The zero-order chi connectivity index (χ0) is 17.0. The first kappa shape index (κ1) is 17.0. The first-order chi connectivity index (χ1) is 10.8. The van der Waals surface area contributed by atoms with Crippen molar-refractivity contribution >= 4 is 11.6 Å². The predicted molar refractivity (Wildman–Crippen MR) is 79.8 cm³/mol. The Bertz CT molecular complexity index is 681. The van der Waals surface area contributed by atoms with E-state index in [0.29, 0.717) is 11.3 Å². The number of hydrogen-bond donors (Lipinski definition) is 2. The molecule has 0 spiro atoms. The number of alkyl halides is 3. The van der Waals surface area contributed by atoms with Crippen molar-refractivity contribution in [3.63, 3.8) is 0 Å². The summed E-state index contributed by atoms with van der Waals surface area (Å²) in [4.78, 5) is 12.3. The van der Waals surface area contributed by atoms with Gasteiger partial charge in [-0.05, 0) is 24.7 Å². The second-order valence-corrected chi connectivity index (χ2v) is 5.15. The maximum Gasteiger partial charge on any atom is 0.393 e. The Kier molecular flexibility index (Phi) is 5.05. The van der Waals surface area contributed by atoms with Crippen LogP contribution < -0.4 is 10.6 Å². The van der Waals surface area contributed by atoms with E-state index in [1.807, 2.05) is 0 Å². The van der Waals surface area contributed by atoms with Gasteiger partial charge in [-0.15, -0.1) is 0 Å². The lowest BCUT2D eigenvalue weighted by atomic mass is 10.1. The molecule has 0 radical (unpaired) electrons. The molecular formula is C15H17F3N4O. The van der Waals surface area contributed by atoms with Crippen LogP contribution in [0.15, 0.2) is 36.7 Å². The summed E-state index contributed by atoms with van der Waals surface area (Å²) in [5.41, 5.74) is 1.08. The summed E-state index contributed by atoms with van der Waals surface area (Å²) in [6, 6.07) is 5.08. The van der Waals surface area contributed by atoms with Crippen LogP contribution in [0.2, 0.25) is 0 Å². The highest BCUT2D eigenvalue weighted by Crippen LogP contribution is 2.23. The van der Waals surface area contributed by atoms with E-state index >= 15 is 0 Å². The molecule has 0 aliphatic heterocycles. The highest BCUT2D eigenvalue weighted by molar-refractivity contribution is 5.95. The summed E-state index contributed by atoms with van der Waals surface area (Å²) in [5, 5.41) is 9.48. The number of nitrogens with zero attached hydrogens (tertiary/aromatic N) is 2. The zero-order valence-corrected chi connectivity index (χ0v) is 12.7. The number of aryl methyl sites for hydroxylation is 1. The van der Waals surface area contributed by atoms with E-state index in [1.165, 1.54) is 18.2 Å². The molecule has 0 saturated carbocycles. The number of aromatic nitrogens is 2. The number of halogens is 3. The Hall–Kier alpha value is -2.35. The fraction of sp³-hybridized carbons (Fsp3) is 0.333. The van der Waals surface area contributed by atoms with Gasteiger partial charge in [0.05, 0.1) is 12.6 Å². The summed E-state index contributed by atoms with van der Waals surface area (Å²) in [6.07, 6.45) is -2.07. The minimum atomic E-state index is -4.29. The lowest BCUT2D eigenvalue weighted by molar-refractivity contribution is -0.127. The maximum atomic E-state index is 12.4. The number of hydrogen-bond acceptors (Lipinski definition) is 3. The van der Waals surface area contributed by atoms with E-state index in [2.05, 4.69) is 15.7 Å². The SMILES string of the molecule is CNC(C(=O)Nc1cccc(CC(F)(F)F)c1)c1cnn(C)c1. The number of amides is 1. The first-order valence-electron chi connectivity index (χ1n) is 6.91. The molecule has 2 aromatic rings. The zero-order valence-electron chi connectivity index (χ0n) is 12.7. The van der Waals surface area contributed by atoms with Crippen LogP contribution in [0.4, 0.5) is 18.9 Å². The third kappa shape index (κ3) is 4.82. The number of rotatable bonds is 5. The van der Waals surface area contributed by atoms with Crippen molar-refractivity contribution in [3.8, 4) is 0 Å². The van der Waals surface area contributed by atoms with Crippen LogP contribution in [-0.2, 0) is 18.3 Å². The monoisotopic (exact) mass is 326 g/mol. The van der Waals surface area contributed by atoms with Gasteiger partial charge >= 0.3 is 6.18 Å². The van der Waals surface area contributed by atoms with E-state index < -0.39 is 18.6 Å². The molecule has 0 saturated heterocycles. The van der Waals surface area contributed by atoms with Crippen LogP contribution in [0, 0.1) is 0 Å². The highest BCUT2D eigenvalue weighted by Gasteiger charge is 2.27. The molecule has 2 rings (SSSR count). The minimum absolute atomic E-state index is 0.0951. The van der Waals surface area contributed by atoms with E-state index in [1.54, 1.807) is 37.2 Å². The molecule has 23 heavy (non-hydrogen) atoms. The average molecular weight is 326 g/mol. The van der Waals surface area contributed by atoms with Crippen molar-refractivity contribution in [1.82, 2.24) is 15.1 Å². The molecule has 5 nitrogen and oxygen atoms in total. The van der Waals surface area contributed by atoms with Gasteiger partial charge in [-0.25, -0.2) is 0 Å². The third-order valence-electron chi connectivity index (χ3n) is 3.21. The Labute approximate surface area is 131 Å². The molecule has 1 heterocycles. The lowest BCUT2D eigenvalue weighted by Gasteiger charge is -2.15. The second-order valence-electron chi connectivity index (χ2n) is 5.15. The smallest absolute Gasteiger partial charge is 0.324 e. The van der Waals surface area contributed by atoms with Gasteiger partial charge in [0.15, 0.2) is 0 Å². The normalized spacial score (nSPS) is 12.9. The lowest BCUT2D eigenvalue weighted by Crippen LogP contribution is -2.30. The van der Waals surface area contributed by atoms with Gasteiger partial charge in [0.25, 0.3) is 0 Å². The Morgan fingerprint density at radius 2 is 2.13 bits per heavy atom. The number of carbonyl (C=O) groups excluding carboxylic acids is 1. The number of carbonyl (C=O) groups is 1. The van der Waals surface area contributed by atoms with Crippen LogP contribution in [0.1, 0.15) is 17.2 Å². The van der Waals surface area contributed by atoms with Gasteiger partial charge < -0.3 is 10.6 Å². The molecule has 8 heteroatoms. The van der Waals surface area contributed by atoms with Crippen molar-refractivity contribution in [2.45, 2.75) is 18.6 Å². The van der Waals surface area contributed by atoms with Gasteiger partial charge in [0.1, 0.15) is 6.04 Å². The molecule has 2 N–H and O–H groups in total. The number of nitrogens with one attached hydrogen (secondary N) is 2. The van der Waals surface area contributed by atoms with Gasteiger partial charge in [0.2, 0.25) is 5.91 Å². The fourth-order valence-corrected chi connectivity index (χ4v) is 2.24. The van der Waals surface area contributed by atoms with Crippen molar-refractivity contribution < 1.29 is 18.0 Å². The van der Waals surface area contributed by atoms with Crippen molar-refractivity contribution in [2.75, 3.05) is 12.4 Å². The maximum absolute atomic E-state index is 12.4. The first-order valence-corrected chi connectivity index (χ1v) is 6.91. The van der Waals surface area contributed by atoms with Crippen LogP contribution in [-0.4, -0.2) is 28.9 Å². The molecule has 0 fully saturated rings. The molecule has 1 unspecified atom stereocenters. The number of benzene rings is 1. The summed E-state index contributed by atoms with van der Waals surface area (Å²) in [7, 11) is 3.35. The molecule has 1 aromatic heterocycles. The molecular weight excluding hydrogens is 309 g/mol. The fourth-order valence-electron chi connectivity index (χ4n) is 2.24. The van der Waals surface area contributed by atoms with Crippen LogP contribution in [0.25, 0.3) is 0 Å². The highest BCUT2D eigenvalue weighted by atomic mass is 19.4. The molecule has 124 valence electrons. The Morgan fingerprint density at radius 1 is 1.39 bits per heavy atom. The molecule has 0 aliphatic carbocycles. The largest absolute Gasteiger partial charge is 0.393 e. The topological polar surface area (TPSA) is 59.0 Å². The van der Waals surface area contributed by atoms with Gasteiger partial charge in [-0.2, -0.15) is 18.3 Å². The average Bonchev–Trinajstić information content (AvgIpc) is 2.84. The molecule has 0 aliphatic rings. The Balaban J connectivity index is 2.11. The van der Waals surface area contributed by atoms with E-state index in [9.17, 15) is 18.0 Å². The quantitative estimate of drug-likeness (QED) is 0.887. The summed E-state index contributed by atoms with van der Waals surface area (Å²) in [5.74, 6) is -0.371. The minimum Gasteiger partial charge on any atom is -0.324 e. The van der Waals surface area contributed by atoms with Gasteiger partial charge in [-0.3, -0.25) is 9.48 Å². The van der Waals surface area contributed by atoms with Crippen LogP contribution >= 0.6 is 0 Å². The molecule has 1 atom stereocenters. The van der Waals surface area contributed by atoms with E-state index in [4.69, 9.17) is 0 Å². The van der Waals surface area contributed by atoms with Crippen molar-refractivity contribution in [3.05, 3.63) is 47.8 Å².